The number of fused-ring (bicyclic) bond motifs is 2. The van der Waals surface area contributed by atoms with Gasteiger partial charge in [0, 0.05) is 49.5 Å². The minimum absolute atomic E-state index is 0.373. The highest BCUT2D eigenvalue weighted by molar-refractivity contribution is 5.80. The van der Waals surface area contributed by atoms with E-state index in [1.165, 1.54) is 32.1 Å². The maximum absolute atomic E-state index is 6.09. The number of guanidine groups is 1. The molecule has 5 heteroatoms. The minimum Gasteiger partial charge on any atom is -0.377 e. The van der Waals surface area contributed by atoms with Gasteiger partial charge < -0.3 is 19.9 Å². The van der Waals surface area contributed by atoms with Crippen LogP contribution in [0.15, 0.2) is 29.5 Å². The van der Waals surface area contributed by atoms with E-state index in [1.807, 2.05) is 0 Å². The van der Waals surface area contributed by atoms with Gasteiger partial charge in [0.15, 0.2) is 5.96 Å². The highest BCUT2D eigenvalue weighted by Gasteiger charge is 2.65. The second-order valence-corrected chi connectivity index (χ2v) is 7.49. The molecule has 2 aliphatic carbocycles. The molecule has 2 N–H and O–H groups in total. The first-order valence-corrected chi connectivity index (χ1v) is 9.61. The molecule has 3 fully saturated rings. The quantitative estimate of drug-likeness (QED) is 0.644. The molecule has 2 heterocycles. The largest absolute Gasteiger partial charge is 0.377 e. The first-order chi connectivity index (χ1) is 11.8. The van der Waals surface area contributed by atoms with E-state index in [2.05, 4.69) is 46.7 Å². The molecular formula is C19H30N4O. The van der Waals surface area contributed by atoms with Crippen LogP contribution in [-0.2, 0) is 11.3 Å². The van der Waals surface area contributed by atoms with Crippen molar-refractivity contribution in [3.8, 4) is 0 Å². The van der Waals surface area contributed by atoms with Crippen LogP contribution in [-0.4, -0.2) is 42.4 Å². The summed E-state index contributed by atoms with van der Waals surface area (Å²) in [5, 5.41) is 7.23. The summed E-state index contributed by atoms with van der Waals surface area (Å²) in [7, 11) is 0. The lowest BCUT2D eigenvalue weighted by molar-refractivity contribution is -0.125. The van der Waals surface area contributed by atoms with Crippen molar-refractivity contribution in [1.29, 1.82) is 0 Å². The van der Waals surface area contributed by atoms with Crippen LogP contribution in [0.3, 0.4) is 0 Å². The van der Waals surface area contributed by atoms with Gasteiger partial charge in [-0.3, -0.25) is 4.99 Å². The number of aliphatic imine (C=N–C) groups is 1. The zero-order chi connectivity index (χ0) is 16.4. The second-order valence-electron chi connectivity index (χ2n) is 7.49. The molecule has 1 aromatic heterocycles. The van der Waals surface area contributed by atoms with E-state index in [0.29, 0.717) is 23.5 Å². The molecule has 0 amide bonds. The SMILES string of the molecule is CCNC(=NCCn1cccc1)NC1C2CCOC2C12CCCC2. The van der Waals surface area contributed by atoms with Crippen LogP contribution in [0.2, 0.25) is 0 Å². The molecule has 0 aromatic carbocycles. The fourth-order valence-electron chi connectivity index (χ4n) is 5.17. The Balaban J connectivity index is 1.42. The molecule has 5 nitrogen and oxygen atoms in total. The Labute approximate surface area is 144 Å². The predicted octanol–water partition coefficient (Wildman–Crippen LogP) is 2.39. The van der Waals surface area contributed by atoms with Gasteiger partial charge in [0.25, 0.3) is 0 Å². The normalized spacial score (nSPS) is 31.0. The van der Waals surface area contributed by atoms with Gasteiger partial charge in [-0.25, -0.2) is 0 Å². The molecule has 132 valence electrons. The van der Waals surface area contributed by atoms with Gasteiger partial charge in [0.1, 0.15) is 0 Å². The number of rotatable bonds is 5. The smallest absolute Gasteiger partial charge is 0.191 e. The third kappa shape index (κ3) is 2.73. The minimum atomic E-state index is 0.373. The summed E-state index contributed by atoms with van der Waals surface area (Å²) in [6.07, 6.45) is 11.2. The zero-order valence-electron chi connectivity index (χ0n) is 14.7. The summed E-state index contributed by atoms with van der Waals surface area (Å²) < 4.78 is 8.26. The molecule has 2 saturated carbocycles. The lowest BCUT2D eigenvalue weighted by Crippen LogP contribution is -2.69. The number of hydrogen-bond acceptors (Lipinski definition) is 2. The van der Waals surface area contributed by atoms with Crippen molar-refractivity contribution in [1.82, 2.24) is 15.2 Å². The molecule has 24 heavy (non-hydrogen) atoms. The van der Waals surface area contributed by atoms with Crippen LogP contribution in [0, 0.1) is 11.3 Å². The first-order valence-electron chi connectivity index (χ1n) is 9.61. The molecule has 3 unspecified atom stereocenters. The fraction of sp³-hybridized carbons (Fsp3) is 0.737. The molecule has 0 bridgehead atoms. The van der Waals surface area contributed by atoms with Gasteiger partial charge in [0.2, 0.25) is 0 Å². The van der Waals surface area contributed by atoms with Crippen LogP contribution in [0.4, 0.5) is 0 Å². The highest BCUT2D eigenvalue weighted by atomic mass is 16.5. The average Bonchev–Trinajstić information content (AvgIpc) is 3.31. The number of nitrogens with zero attached hydrogens (tertiary/aromatic N) is 2. The summed E-state index contributed by atoms with van der Waals surface area (Å²) in [6.45, 7) is 5.70. The van der Waals surface area contributed by atoms with Gasteiger partial charge in [-0.05, 0) is 38.3 Å². The van der Waals surface area contributed by atoms with E-state index in [9.17, 15) is 0 Å². The molecule has 3 atom stereocenters. The van der Waals surface area contributed by atoms with Crippen molar-refractivity contribution in [3.05, 3.63) is 24.5 Å². The molecule has 1 spiro atoms. The topological polar surface area (TPSA) is 50.6 Å². The highest BCUT2D eigenvalue weighted by Crippen LogP contribution is 2.60. The number of hydrogen-bond donors (Lipinski definition) is 2. The maximum atomic E-state index is 6.09. The van der Waals surface area contributed by atoms with Crippen molar-refractivity contribution in [2.24, 2.45) is 16.3 Å². The van der Waals surface area contributed by atoms with E-state index >= 15 is 0 Å². The third-order valence-corrected chi connectivity index (χ3v) is 6.22. The maximum Gasteiger partial charge on any atom is 0.191 e. The Bertz CT molecular complexity index is 562. The van der Waals surface area contributed by atoms with Gasteiger partial charge in [-0.1, -0.05) is 12.8 Å². The average molecular weight is 330 g/mol. The van der Waals surface area contributed by atoms with E-state index in [1.54, 1.807) is 0 Å². The predicted molar refractivity (Wildman–Crippen MR) is 96.1 cm³/mol. The van der Waals surface area contributed by atoms with E-state index in [0.717, 1.165) is 32.2 Å². The van der Waals surface area contributed by atoms with E-state index in [4.69, 9.17) is 9.73 Å². The van der Waals surface area contributed by atoms with Crippen LogP contribution in [0.1, 0.15) is 39.0 Å². The number of nitrogens with one attached hydrogen (secondary N) is 2. The van der Waals surface area contributed by atoms with Crippen molar-refractivity contribution in [3.63, 3.8) is 0 Å². The third-order valence-electron chi connectivity index (χ3n) is 6.22. The summed E-state index contributed by atoms with van der Waals surface area (Å²) in [4.78, 5) is 4.81. The number of ether oxygens (including phenoxy) is 1. The van der Waals surface area contributed by atoms with Gasteiger partial charge in [-0.15, -0.1) is 0 Å². The summed E-state index contributed by atoms with van der Waals surface area (Å²) in [5.41, 5.74) is 0.373. The first kappa shape index (κ1) is 16.0. The Morgan fingerprint density at radius 3 is 2.83 bits per heavy atom. The van der Waals surface area contributed by atoms with Crippen LogP contribution in [0.5, 0.6) is 0 Å². The van der Waals surface area contributed by atoms with Crippen molar-refractivity contribution >= 4 is 5.96 Å². The summed E-state index contributed by atoms with van der Waals surface area (Å²) in [5.74, 6) is 1.66. The Hall–Kier alpha value is -1.49. The van der Waals surface area contributed by atoms with Gasteiger partial charge in [0.05, 0.1) is 12.6 Å². The zero-order valence-corrected chi connectivity index (χ0v) is 14.7. The fourth-order valence-corrected chi connectivity index (χ4v) is 5.17. The molecule has 0 radical (unpaired) electrons. The van der Waals surface area contributed by atoms with Crippen molar-refractivity contribution < 1.29 is 4.74 Å². The second kappa shape index (κ2) is 6.79. The standard InChI is InChI=1S/C19H30N4O/c1-2-20-18(21-10-13-23-11-5-6-12-23)22-16-15-7-14-24-17(15)19(16)8-3-4-9-19/h5-6,11-12,15-17H,2-4,7-10,13-14H2,1H3,(H2,20,21,22). The van der Waals surface area contributed by atoms with E-state index < -0.39 is 0 Å². The Morgan fingerprint density at radius 1 is 1.29 bits per heavy atom. The van der Waals surface area contributed by atoms with Gasteiger partial charge in [-0.2, -0.15) is 0 Å². The lowest BCUT2D eigenvalue weighted by Gasteiger charge is -2.57. The lowest BCUT2D eigenvalue weighted by atomic mass is 9.54. The summed E-state index contributed by atoms with van der Waals surface area (Å²) in [6, 6.07) is 4.66. The molecule has 1 aliphatic heterocycles. The molecule has 3 aliphatic rings. The summed E-state index contributed by atoms with van der Waals surface area (Å²) >= 11 is 0. The van der Waals surface area contributed by atoms with Gasteiger partial charge >= 0.3 is 0 Å². The molecule has 1 aromatic rings. The Morgan fingerprint density at radius 2 is 2.08 bits per heavy atom. The molecule has 4 rings (SSSR count). The van der Waals surface area contributed by atoms with Crippen LogP contribution in [0.25, 0.3) is 0 Å². The monoisotopic (exact) mass is 330 g/mol. The van der Waals surface area contributed by atoms with Crippen LogP contribution < -0.4 is 10.6 Å². The Kier molecular flexibility index (Phi) is 4.53. The molecule has 1 saturated heterocycles. The van der Waals surface area contributed by atoms with Crippen LogP contribution >= 0.6 is 0 Å². The number of aromatic nitrogens is 1. The van der Waals surface area contributed by atoms with E-state index in [-0.39, 0.29) is 0 Å². The van der Waals surface area contributed by atoms with Crippen molar-refractivity contribution in [2.45, 2.75) is 57.7 Å². The van der Waals surface area contributed by atoms with Crippen molar-refractivity contribution in [2.75, 3.05) is 19.7 Å². The molecular weight excluding hydrogens is 300 g/mol.